The van der Waals surface area contributed by atoms with Gasteiger partial charge in [0.1, 0.15) is 0 Å². The van der Waals surface area contributed by atoms with E-state index in [-0.39, 0.29) is 6.04 Å². The van der Waals surface area contributed by atoms with Crippen molar-refractivity contribution in [3.05, 3.63) is 58.6 Å². The first kappa shape index (κ1) is 22.2. The highest BCUT2D eigenvalue weighted by Gasteiger charge is 2.16. The fourth-order valence-corrected chi connectivity index (χ4v) is 2.74. The SMILES string of the molecule is CCCOc1c(Cl)cc(/C=N\NC(=O)C(=O)N[C@@H](C)c2ccccc2)cc1OC. The van der Waals surface area contributed by atoms with Crippen LogP contribution in [-0.2, 0) is 9.59 Å². The summed E-state index contributed by atoms with van der Waals surface area (Å²) in [4.78, 5) is 24.0. The molecule has 2 aromatic rings. The maximum atomic E-state index is 12.0. The summed E-state index contributed by atoms with van der Waals surface area (Å²) in [5.74, 6) is -0.748. The normalized spacial score (nSPS) is 11.7. The maximum absolute atomic E-state index is 12.0. The van der Waals surface area contributed by atoms with Crippen molar-refractivity contribution < 1.29 is 19.1 Å². The molecule has 2 aromatic carbocycles. The zero-order valence-electron chi connectivity index (χ0n) is 16.6. The van der Waals surface area contributed by atoms with E-state index in [1.807, 2.05) is 37.3 Å². The molecular weight excluding hydrogens is 394 g/mol. The second kappa shape index (κ2) is 11.1. The molecule has 0 saturated heterocycles. The number of amides is 2. The Balaban J connectivity index is 1.97. The predicted molar refractivity (Wildman–Crippen MR) is 113 cm³/mol. The molecule has 0 aliphatic heterocycles. The highest BCUT2D eigenvalue weighted by atomic mass is 35.5. The van der Waals surface area contributed by atoms with E-state index >= 15 is 0 Å². The van der Waals surface area contributed by atoms with Gasteiger partial charge in [0.2, 0.25) is 0 Å². The highest BCUT2D eigenvalue weighted by Crippen LogP contribution is 2.36. The smallest absolute Gasteiger partial charge is 0.329 e. The number of ether oxygens (including phenoxy) is 2. The third kappa shape index (κ3) is 6.50. The lowest BCUT2D eigenvalue weighted by atomic mass is 10.1. The number of carbonyl (C=O) groups is 2. The number of halogens is 1. The summed E-state index contributed by atoms with van der Waals surface area (Å²) in [6.07, 6.45) is 2.20. The number of nitrogens with zero attached hydrogens (tertiary/aromatic N) is 1. The zero-order chi connectivity index (χ0) is 21.2. The van der Waals surface area contributed by atoms with Gasteiger partial charge in [0.15, 0.2) is 11.5 Å². The van der Waals surface area contributed by atoms with Gasteiger partial charge in [-0.1, -0.05) is 48.9 Å². The summed E-state index contributed by atoms with van der Waals surface area (Å²) >= 11 is 6.24. The second-order valence-corrected chi connectivity index (χ2v) is 6.59. The van der Waals surface area contributed by atoms with E-state index in [0.29, 0.717) is 28.7 Å². The fraction of sp³-hybridized carbons (Fsp3) is 0.286. The first-order valence-corrected chi connectivity index (χ1v) is 9.53. The van der Waals surface area contributed by atoms with Crippen LogP contribution < -0.4 is 20.2 Å². The number of benzene rings is 2. The Morgan fingerprint density at radius 1 is 1.21 bits per heavy atom. The highest BCUT2D eigenvalue weighted by molar-refractivity contribution is 6.35. The lowest BCUT2D eigenvalue weighted by Gasteiger charge is -2.13. The van der Waals surface area contributed by atoms with Gasteiger partial charge in [-0.15, -0.1) is 0 Å². The fourth-order valence-electron chi connectivity index (χ4n) is 2.46. The van der Waals surface area contributed by atoms with Crippen molar-refractivity contribution in [1.82, 2.24) is 10.7 Å². The van der Waals surface area contributed by atoms with Crippen molar-refractivity contribution in [2.45, 2.75) is 26.3 Å². The largest absolute Gasteiger partial charge is 0.493 e. The van der Waals surface area contributed by atoms with E-state index < -0.39 is 11.8 Å². The molecule has 8 heteroatoms. The Hall–Kier alpha value is -3.06. The Bertz CT molecular complexity index is 872. The summed E-state index contributed by atoms with van der Waals surface area (Å²) in [6, 6.07) is 12.3. The van der Waals surface area contributed by atoms with Crippen molar-refractivity contribution in [3.63, 3.8) is 0 Å². The van der Waals surface area contributed by atoms with Gasteiger partial charge in [0.25, 0.3) is 0 Å². The molecule has 0 aromatic heterocycles. The minimum Gasteiger partial charge on any atom is -0.493 e. The van der Waals surface area contributed by atoms with Gasteiger partial charge >= 0.3 is 11.8 Å². The van der Waals surface area contributed by atoms with Crippen LogP contribution in [0.1, 0.15) is 37.4 Å². The summed E-state index contributed by atoms with van der Waals surface area (Å²) in [5, 5.41) is 6.79. The number of methoxy groups -OCH3 is 1. The molecule has 0 aliphatic rings. The molecule has 0 bridgehead atoms. The number of hydrogen-bond acceptors (Lipinski definition) is 5. The molecule has 1 atom stereocenters. The third-order valence-corrected chi connectivity index (χ3v) is 4.22. The van der Waals surface area contributed by atoms with Crippen molar-refractivity contribution in [3.8, 4) is 11.5 Å². The van der Waals surface area contributed by atoms with Crippen LogP contribution in [0.2, 0.25) is 5.02 Å². The number of rotatable bonds is 8. The lowest BCUT2D eigenvalue weighted by molar-refractivity contribution is -0.139. The summed E-state index contributed by atoms with van der Waals surface area (Å²) in [5.41, 5.74) is 3.67. The van der Waals surface area contributed by atoms with E-state index in [2.05, 4.69) is 15.8 Å². The number of nitrogens with one attached hydrogen (secondary N) is 2. The molecule has 0 unspecified atom stereocenters. The first-order chi connectivity index (χ1) is 14.0. The minimum absolute atomic E-state index is 0.308. The van der Waals surface area contributed by atoms with Crippen molar-refractivity contribution in [1.29, 1.82) is 0 Å². The van der Waals surface area contributed by atoms with Crippen LogP contribution >= 0.6 is 11.6 Å². The maximum Gasteiger partial charge on any atom is 0.329 e. The molecule has 0 fully saturated rings. The summed E-state index contributed by atoms with van der Waals surface area (Å²) < 4.78 is 10.9. The topological polar surface area (TPSA) is 89.0 Å². The summed E-state index contributed by atoms with van der Waals surface area (Å²) in [7, 11) is 1.51. The van der Waals surface area contributed by atoms with Gasteiger partial charge in [-0.3, -0.25) is 9.59 Å². The van der Waals surface area contributed by atoms with Crippen LogP contribution in [0.5, 0.6) is 11.5 Å². The Labute approximate surface area is 175 Å². The number of hydrazone groups is 1. The van der Waals surface area contributed by atoms with Gasteiger partial charge in [-0.25, -0.2) is 5.43 Å². The van der Waals surface area contributed by atoms with E-state index in [4.69, 9.17) is 21.1 Å². The molecule has 2 amide bonds. The van der Waals surface area contributed by atoms with Gasteiger partial charge in [-0.2, -0.15) is 5.10 Å². The zero-order valence-corrected chi connectivity index (χ0v) is 17.3. The van der Waals surface area contributed by atoms with Crippen molar-refractivity contribution in [2.24, 2.45) is 5.10 Å². The molecule has 0 saturated carbocycles. The molecule has 2 rings (SSSR count). The number of hydrogen-bond donors (Lipinski definition) is 2. The van der Waals surface area contributed by atoms with Crippen LogP contribution in [0.25, 0.3) is 0 Å². The summed E-state index contributed by atoms with van der Waals surface area (Å²) in [6.45, 7) is 4.29. The van der Waals surface area contributed by atoms with Crippen molar-refractivity contribution in [2.75, 3.05) is 13.7 Å². The van der Waals surface area contributed by atoms with E-state index in [1.165, 1.54) is 13.3 Å². The first-order valence-electron chi connectivity index (χ1n) is 9.15. The minimum atomic E-state index is -0.870. The number of carbonyl (C=O) groups excluding carboxylic acids is 2. The molecule has 0 aliphatic carbocycles. The monoisotopic (exact) mass is 417 g/mol. The standard InChI is InChI=1S/C21H24ClN3O4/c1-4-10-29-19-17(22)11-15(12-18(19)28-3)13-23-25-21(27)20(26)24-14(2)16-8-6-5-7-9-16/h5-9,11-14H,4,10H2,1-3H3,(H,24,26)(H,25,27)/b23-13-/t14-/m0/s1. The van der Waals surface area contributed by atoms with Gasteiger partial charge in [-0.05, 0) is 36.6 Å². The molecular formula is C21H24ClN3O4. The van der Waals surface area contributed by atoms with Crippen LogP contribution in [-0.4, -0.2) is 31.7 Å². The Morgan fingerprint density at radius 2 is 1.93 bits per heavy atom. The lowest BCUT2D eigenvalue weighted by Crippen LogP contribution is -2.39. The van der Waals surface area contributed by atoms with Crippen LogP contribution in [0.3, 0.4) is 0 Å². The molecule has 154 valence electrons. The van der Waals surface area contributed by atoms with E-state index in [9.17, 15) is 9.59 Å². The van der Waals surface area contributed by atoms with Gasteiger partial charge in [0.05, 0.1) is 31.0 Å². The van der Waals surface area contributed by atoms with E-state index in [1.54, 1.807) is 19.1 Å². The molecule has 0 spiro atoms. The molecule has 0 radical (unpaired) electrons. The second-order valence-electron chi connectivity index (χ2n) is 6.19. The average molecular weight is 418 g/mol. The van der Waals surface area contributed by atoms with Crippen molar-refractivity contribution >= 4 is 29.6 Å². The van der Waals surface area contributed by atoms with Crippen LogP contribution in [0.15, 0.2) is 47.6 Å². The molecule has 0 heterocycles. The molecule has 7 nitrogen and oxygen atoms in total. The molecule has 29 heavy (non-hydrogen) atoms. The van der Waals surface area contributed by atoms with Gasteiger partial charge in [0, 0.05) is 0 Å². The Morgan fingerprint density at radius 3 is 2.59 bits per heavy atom. The quantitative estimate of drug-likeness (QED) is 0.391. The Kier molecular flexibility index (Phi) is 8.48. The van der Waals surface area contributed by atoms with Crippen LogP contribution in [0.4, 0.5) is 0 Å². The van der Waals surface area contributed by atoms with Crippen LogP contribution in [0, 0.1) is 0 Å². The average Bonchev–Trinajstić information content (AvgIpc) is 2.73. The third-order valence-electron chi connectivity index (χ3n) is 3.94. The molecule has 2 N–H and O–H groups in total. The van der Waals surface area contributed by atoms with Gasteiger partial charge < -0.3 is 14.8 Å². The predicted octanol–water partition coefficient (Wildman–Crippen LogP) is 3.46. The van der Waals surface area contributed by atoms with E-state index in [0.717, 1.165) is 12.0 Å².